The van der Waals surface area contributed by atoms with E-state index in [9.17, 15) is 9.59 Å². The zero-order valence-electron chi connectivity index (χ0n) is 13.3. The zero-order valence-corrected chi connectivity index (χ0v) is 13.3. The van der Waals surface area contributed by atoms with E-state index < -0.39 is 0 Å². The first-order valence-corrected chi connectivity index (χ1v) is 7.56. The van der Waals surface area contributed by atoms with Crippen LogP contribution >= 0.6 is 0 Å². The standard InChI is InChI=1S/C15H23N3O4/c1-10-14(11(2)22-17-10)15(20)16-6-7-18(12(3)19)13-4-8-21-9-5-13/h13H,4-9H2,1-3H3,(H,16,20). The highest BCUT2D eigenvalue weighted by atomic mass is 16.5. The fraction of sp³-hybridized carbons (Fsp3) is 0.667. The van der Waals surface area contributed by atoms with E-state index in [1.54, 1.807) is 20.8 Å². The molecule has 1 aliphatic heterocycles. The van der Waals surface area contributed by atoms with Crippen molar-refractivity contribution in [1.29, 1.82) is 0 Å². The number of aromatic nitrogens is 1. The molecule has 0 aliphatic carbocycles. The third-order valence-corrected chi connectivity index (χ3v) is 3.93. The van der Waals surface area contributed by atoms with Gasteiger partial charge in [-0.05, 0) is 26.7 Å². The van der Waals surface area contributed by atoms with Gasteiger partial charge in [-0.25, -0.2) is 0 Å². The van der Waals surface area contributed by atoms with E-state index in [2.05, 4.69) is 10.5 Å². The molecular formula is C15H23N3O4. The van der Waals surface area contributed by atoms with Crippen LogP contribution in [0, 0.1) is 13.8 Å². The van der Waals surface area contributed by atoms with E-state index in [0.29, 0.717) is 43.3 Å². The lowest BCUT2D eigenvalue weighted by molar-refractivity contribution is -0.132. The van der Waals surface area contributed by atoms with Crippen LogP contribution in [0.15, 0.2) is 4.52 Å². The van der Waals surface area contributed by atoms with Crippen molar-refractivity contribution in [2.75, 3.05) is 26.3 Å². The highest BCUT2D eigenvalue weighted by molar-refractivity contribution is 5.96. The molecule has 7 nitrogen and oxygen atoms in total. The molecule has 7 heteroatoms. The maximum Gasteiger partial charge on any atom is 0.256 e. The van der Waals surface area contributed by atoms with Crippen molar-refractivity contribution in [2.45, 2.75) is 39.7 Å². The third kappa shape index (κ3) is 3.85. The van der Waals surface area contributed by atoms with Gasteiger partial charge in [0, 0.05) is 39.3 Å². The summed E-state index contributed by atoms with van der Waals surface area (Å²) in [5.74, 6) is 0.313. The van der Waals surface area contributed by atoms with Gasteiger partial charge < -0.3 is 19.5 Å². The molecule has 1 aromatic rings. The van der Waals surface area contributed by atoms with E-state index >= 15 is 0 Å². The Balaban J connectivity index is 1.87. The maximum absolute atomic E-state index is 12.1. The van der Waals surface area contributed by atoms with Gasteiger partial charge in [-0.1, -0.05) is 5.16 Å². The van der Waals surface area contributed by atoms with Gasteiger partial charge in [-0.2, -0.15) is 0 Å². The lowest BCUT2D eigenvalue weighted by atomic mass is 10.1. The Labute approximate surface area is 130 Å². The molecular weight excluding hydrogens is 286 g/mol. The average Bonchev–Trinajstić information content (AvgIpc) is 2.83. The molecule has 1 fully saturated rings. The average molecular weight is 309 g/mol. The van der Waals surface area contributed by atoms with Crippen LogP contribution in [-0.4, -0.2) is 54.2 Å². The summed E-state index contributed by atoms with van der Waals surface area (Å²) in [7, 11) is 0. The largest absolute Gasteiger partial charge is 0.381 e. The summed E-state index contributed by atoms with van der Waals surface area (Å²) >= 11 is 0. The van der Waals surface area contributed by atoms with E-state index in [0.717, 1.165) is 12.8 Å². The highest BCUT2D eigenvalue weighted by Crippen LogP contribution is 2.15. The number of amides is 2. The van der Waals surface area contributed by atoms with Crippen molar-refractivity contribution in [3.05, 3.63) is 17.0 Å². The second-order valence-corrected chi connectivity index (χ2v) is 5.51. The molecule has 0 saturated carbocycles. The molecule has 2 rings (SSSR count). The van der Waals surface area contributed by atoms with E-state index in [4.69, 9.17) is 9.26 Å². The summed E-state index contributed by atoms with van der Waals surface area (Å²) in [5, 5.41) is 6.59. The SMILES string of the molecule is CC(=O)N(CCNC(=O)c1c(C)noc1C)C1CCOCC1. The molecule has 122 valence electrons. The third-order valence-electron chi connectivity index (χ3n) is 3.93. The van der Waals surface area contributed by atoms with E-state index in [1.807, 2.05) is 4.90 Å². The summed E-state index contributed by atoms with van der Waals surface area (Å²) in [6, 6.07) is 0.196. The zero-order chi connectivity index (χ0) is 16.1. The Kier molecular flexibility index (Phi) is 5.54. The Morgan fingerprint density at radius 2 is 2.00 bits per heavy atom. The molecule has 1 aromatic heterocycles. The monoisotopic (exact) mass is 309 g/mol. The molecule has 0 atom stereocenters. The lowest BCUT2D eigenvalue weighted by Crippen LogP contribution is -2.46. The van der Waals surface area contributed by atoms with Gasteiger partial charge in [0.15, 0.2) is 0 Å². The summed E-state index contributed by atoms with van der Waals surface area (Å²) < 4.78 is 10.3. The van der Waals surface area contributed by atoms with Crippen molar-refractivity contribution in [3.8, 4) is 0 Å². The van der Waals surface area contributed by atoms with Crippen LogP contribution in [-0.2, 0) is 9.53 Å². The number of hydrogen-bond acceptors (Lipinski definition) is 5. The van der Waals surface area contributed by atoms with Crippen LogP contribution < -0.4 is 5.32 Å². The van der Waals surface area contributed by atoms with Gasteiger partial charge in [0.1, 0.15) is 11.3 Å². The minimum Gasteiger partial charge on any atom is -0.381 e. The van der Waals surface area contributed by atoms with Gasteiger partial charge in [-0.3, -0.25) is 9.59 Å². The Bertz CT molecular complexity index is 515. The van der Waals surface area contributed by atoms with Crippen molar-refractivity contribution in [3.63, 3.8) is 0 Å². The number of carbonyl (C=O) groups excluding carboxylic acids is 2. The van der Waals surface area contributed by atoms with Crippen molar-refractivity contribution >= 4 is 11.8 Å². The predicted octanol–water partition coefficient (Wildman–Crippen LogP) is 1.05. The number of aryl methyl sites for hydroxylation is 2. The van der Waals surface area contributed by atoms with Crippen LogP contribution in [0.5, 0.6) is 0 Å². The second kappa shape index (κ2) is 7.40. The minimum absolute atomic E-state index is 0.0264. The number of hydrogen-bond donors (Lipinski definition) is 1. The van der Waals surface area contributed by atoms with Crippen LogP contribution in [0.4, 0.5) is 0 Å². The Morgan fingerprint density at radius 1 is 1.32 bits per heavy atom. The highest BCUT2D eigenvalue weighted by Gasteiger charge is 2.24. The van der Waals surface area contributed by atoms with Crippen LogP contribution in [0.1, 0.15) is 41.6 Å². The molecule has 2 heterocycles. The number of rotatable bonds is 5. The smallest absolute Gasteiger partial charge is 0.256 e. The van der Waals surface area contributed by atoms with E-state index in [-0.39, 0.29) is 17.9 Å². The van der Waals surface area contributed by atoms with Crippen molar-refractivity contribution in [2.24, 2.45) is 0 Å². The molecule has 0 radical (unpaired) electrons. The van der Waals surface area contributed by atoms with Gasteiger partial charge in [0.25, 0.3) is 5.91 Å². The Morgan fingerprint density at radius 3 is 2.55 bits per heavy atom. The quantitative estimate of drug-likeness (QED) is 0.879. The second-order valence-electron chi connectivity index (χ2n) is 5.51. The molecule has 0 bridgehead atoms. The number of carbonyl (C=O) groups is 2. The first-order chi connectivity index (χ1) is 10.5. The minimum atomic E-state index is -0.216. The number of ether oxygens (including phenoxy) is 1. The summed E-state index contributed by atoms with van der Waals surface area (Å²) in [6.45, 7) is 7.26. The van der Waals surface area contributed by atoms with Gasteiger partial charge in [-0.15, -0.1) is 0 Å². The molecule has 0 aromatic carbocycles. The number of nitrogens with zero attached hydrogens (tertiary/aromatic N) is 2. The van der Waals surface area contributed by atoms with Gasteiger partial charge in [0.05, 0.1) is 5.69 Å². The molecule has 1 aliphatic rings. The first-order valence-electron chi connectivity index (χ1n) is 7.56. The van der Waals surface area contributed by atoms with Gasteiger partial charge in [0.2, 0.25) is 5.91 Å². The summed E-state index contributed by atoms with van der Waals surface area (Å²) in [4.78, 5) is 25.8. The molecule has 1 N–H and O–H groups in total. The molecule has 0 spiro atoms. The predicted molar refractivity (Wildman–Crippen MR) is 79.5 cm³/mol. The van der Waals surface area contributed by atoms with Crippen molar-refractivity contribution in [1.82, 2.24) is 15.4 Å². The lowest BCUT2D eigenvalue weighted by Gasteiger charge is -2.33. The molecule has 22 heavy (non-hydrogen) atoms. The molecule has 1 saturated heterocycles. The van der Waals surface area contributed by atoms with E-state index in [1.165, 1.54) is 0 Å². The maximum atomic E-state index is 12.1. The molecule has 0 unspecified atom stereocenters. The van der Waals surface area contributed by atoms with Crippen LogP contribution in [0.2, 0.25) is 0 Å². The fourth-order valence-electron chi connectivity index (χ4n) is 2.78. The fourth-order valence-corrected chi connectivity index (χ4v) is 2.78. The Hall–Kier alpha value is -1.89. The first kappa shape index (κ1) is 16.5. The number of nitrogens with one attached hydrogen (secondary N) is 1. The topological polar surface area (TPSA) is 84.7 Å². The summed E-state index contributed by atoms with van der Waals surface area (Å²) in [5.41, 5.74) is 1.04. The molecule has 2 amide bonds. The van der Waals surface area contributed by atoms with Crippen LogP contribution in [0.3, 0.4) is 0 Å². The summed E-state index contributed by atoms with van der Waals surface area (Å²) in [6.07, 6.45) is 1.69. The van der Waals surface area contributed by atoms with Gasteiger partial charge >= 0.3 is 0 Å². The van der Waals surface area contributed by atoms with Crippen LogP contribution in [0.25, 0.3) is 0 Å². The van der Waals surface area contributed by atoms with Crippen molar-refractivity contribution < 1.29 is 18.8 Å². The normalized spacial score (nSPS) is 15.6.